The van der Waals surface area contributed by atoms with Crippen LogP contribution in [0.1, 0.15) is 72.5 Å². The molecule has 2 aromatic heterocycles. The van der Waals surface area contributed by atoms with Gasteiger partial charge in [-0.1, -0.05) is 27.7 Å². The molecule has 0 fully saturated rings. The number of hydrogen-bond donors (Lipinski definition) is 0. The topological polar surface area (TPSA) is 93.2 Å². The number of ether oxygens (including phenoxy) is 4. The van der Waals surface area contributed by atoms with Crippen LogP contribution in [-0.2, 0) is 5.41 Å². The second-order valence-electron chi connectivity index (χ2n) is 13.7. The molecule has 0 bridgehead atoms. The highest BCUT2D eigenvalue weighted by Crippen LogP contribution is 2.71. The standard InChI is InChI=1S/C41H34N4O4S2/c1-19(2)15-41(16-20(3)4)35-33-23-13-29(48-9)27(46-7)11-21(23)31(25(17-42)44-5)37(33)50-39(35)40-36(41)34-24-14-30(49-10)28(47-8)12-22(24)32(38(34)51-40)26(18-43)45-6/h11-14,19-20H,15-16H2,1-4,7-10H3/b31-25-,32-26+. The number of rotatable bonds is 8. The van der Waals surface area contributed by atoms with Gasteiger partial charge in [-0.25, -0.2) is 20.2 Å². The Hall–Kier alpha value is -5.52. The van der Waals surface area contributed by atoms with Crippen LogP contribution in [0.15, 0.2) is 35.7 Å². The fourth-order valence-corrected chi connectivity index (χ4v) is 11.6. The van der Waals surface area contributed by atoms with Crippen molar-refractivity contribution in [2.45, 2.75) is 46.0 Å². The van der Waals surface area contributed by atoms with Gasteiger partial charge in [0.1, 0.15) is 0 Å². The number of nitriles is 2. The van der Waals surface area contributed by atoms with Gasteiger partial charge in [0.2, 0.25) is 0 Å². The summed E-state index contributed by atoms with van der Waals surface area (Å²) in [6.07, 6.45) is 1.67. The van der Waals surface area contributed by atoms with Crippen LogP contribution >= 0.6 is 22.7 Å². The van der Waals surface area contributed by atoms with Crippen molar-refractivity contribution in [3.05, 3.63) is 90.5 Å². The van der Waals surface area contributed by atoms with Crippen molar-refractivity contribution in [3.63, 3.8) is 0 Å². The van der Waals surface area contributed by atoms with Crippen molar-refractivity contribution in [1.29, 1.82) is 10.5 Å². The first-order valence-electron chi connectivity index (χ1n) is 16.5. The Labute approximate surface area is 306 Å². The van der Waals surface area contributed by atoms with Crippen molar-refractivity contribution in [2.75, 3.05) is 28.4 Å². The van der Waals surface area contributed by atoms with Gasteiger partial charge in [0.05, 0.1) is 53.7 Å². The van der Waals surface area contributed by atoms with E-state index in [1.54, 1.807) is 51.1 Å². The summed E-state index contributed by atoms with van der Waals surface area (Å²) in [7, 11) is 6.40. The number of nitrogens with zero attached hydrogens (tertiary/aromatic N) is 4. The van der Waals surface area contributed by atoms with Crippen LogP contribution in [0, 0.1) is 47.6 Å². The van der Waals surface area contributed by atoms with Crippen LogP contribution in [0.2, 0.25) is 0 Å². The molecule has 2 heterocycles. The van der Waals surface area contributed by atoms with Gasteiger partial charge in [-0.15, -0.1) is 22.7 Å². The fraction of sp³-hybridized carbons (Fsp3) is 0.317. The molecule has 4 aromatic rings. The molecule has 51 heavy (non-hydrogen) atoms. The number of allylic oxidation sites excluding steroid dienone is 2. The molecule has 10 heteroatoms. The Morgan fingerprint density at radius 3 is 1.24 bits per heavy atom. The number of hydrogen-bond acceptors (Lipinski definition) is 8. The molecule has 0 amide bonds. The summed E-state index contributed by atoms with van der Waals surface area (Å²) in [4.78, 5) is 11.4. The van der Waals surface area contributed by atoms with E-state index >= 15 is 0 Å². The molecule has 0 atom stereocenters. The molecule has 2 aromatic carbocycles. The van der Waals surface area contributed by atoms with Gasteiger partial charge in [0.15, 0.2) is 23.0 Å². The van der Waals surface area contributed by atoms with Crippen LogP contribution in [0.4, 0.5) is 0 Å². The fourth-order valence-electron chi connectivity index (χ4n) is 8.55. The number of fused-ring (bicyclic) bond motifs is 11. The molecular formula is C41H34N4O4S2. The minimum atomic E-state index is -0.475. The van der Waals surface area contributed by atoms with Gasteiger partial charge in [-0.2, -0.15) is 0 Å². The van der Waals surface area contributed by atoms with Crippen LogP contribution in [0.25, 0.3) is 52.8 Å². The van der Waals surface area contributed by atoms with Gasteiger partial charge in [0, 0.05) is 47.2 Å². The minimum Gasteiger partial charge on any atom is -0.493 e. The molecule has 0 aliphatic heterocycles. The second-order valence-corrected chi connectivity index (χ2v) is 15.7. The summed E-state index contributed by atoms with van der Waals surface area (Å²) in [6.45, 7) is 25.0. The van der Waals surface area contributed by atoms with Gasteiger partial charge < -0.3 is 18.9 Å². The maximum atomic E-state index is 10.2. The van der Waals surface area contributed by atoms with Gasteiger partial charge in [0.25, 0.3) is 11.4 Å². The van der Waals surface area contributed by atoms with Crippen molar-refractivity contribution >= 4 is 33.8 Å². The van der Waals surface area contributed by atoms with Crippen molar-refractivity contribution in [1.82, 2.24) is 0 Å². The Morgan fingerprint density at radius 1 is 0.627 bits per heavy atom. The molecule has 3 aliphatic carbocycles. The summed E-state index contributed by atoms with van der Waals surface area (Å²) in [6, 6.07) is 12.1. The summed E-state index contributed by atoms with van der Waals surface area (Å²) >= 11 is 3.25. The third-order valence-electron chi connectivity index (χ3n) is 9.98. The summed E-state index contributed by atoms with van der Waals surface area (Å²) in [5.41, 5.74) is 8.74. The average Bonchev–Trinajstić information content (AvgIpc) is 3.88. The predicted molar refractivity (Wildman–Crippen MR) is 201 cm³/mol. The number of methoxy groups -OCH3 is 4. The van der Waals surface area contributed by atoms with Crippen molar-refractivity contribution in [2.24, 2.45) is 11.8 Å². The maximum absolute atomic E-state index is 10.2. The largest absolute Gasteiger partial charge is 0.493 e. The first kappa shape index (κ1) is 34.0. The zero-order valence-corrected chi connectivity index (χ0v) is 31.2. The summed E-state index contributed by atoms with van der Waals surface area (Å²) in [5, 5.41) is 20.5. The maximum Gasteiger partial charge on any atom is 0.271 e. The van der Waals surface area contributed by atoms with E-state index in [0.717, 1.165) is 65.7 Å². The summed E-state index contributed by atoms with van der Waals surface area (Å²) < 4.78 is 23.0. The van der Waals surface area contributed by atoms with Gasteiger partial charge in [-0.05, 0) is 82.3 Å². The molecular weight excluding hydrogens is 677 g/mol. The molecule has 7 rings (SSSR count). The van der Waals surface area contributed by atoms with Crippen LogP contribution in [0.3, 0.4) is 0 Å². The van der Waals surface area contributed by atoms with E-state index in [4.69, 9.17) is 32.1 Å². The lowest BCUT2D eigenvalue weighted by atomic mass is 9.66. The Bertz CT molecular complexity index is 2230. The van der Waals surface area contributed by atoms with Crippen LogP contribution in [0.5, 0.6) is 23.0 Å². The van der Waals surface area contributed by atoms with Gasteiger partial charge >= 0.3 is 0 Å². The zero-order valence-electron chi connectivity index (χ0n) is 29.6. The average molecular weight is 711 g/mol. The zero-order chi connectivity index (χ0) is 36.5. The molecule has 254 valence electrons. The smallest absolute Gasteiger partial charge is 0.271 e. The van der Waals surface area contributed by atoms with Crippen molar-refractivity contribution < 1.29 is 18.9 Å². The molecule has 3 aliphatic rings. The molecule has 0 saturated carbocycles. The van der Waals surface area contributed by atoms with E-state index in [-0.39, 0.29) is 11.4 Å². The molecule has 0 unspecified atom stereocenters. The van der Waals surface area contributed by atoms with Gasteiger partial charge in [-0.3, -0.25) is 0 Å². The van der Waals surface area contributed by atoms with E-state index < -0.39 is 5.41 Å². The first-order chi connectivity index (χ1) is 24.6. The summed E-state index contributed by atoms with van der Waals surface area (Å²) in [5.74, 6) is 2.81. The van der Waals surface area contributed by atoms with E-state index in [1.807, 2.05) is 24.3 Å². The third-order valence-corrected chi connectivity index (χ3v) is 12.6. The third kappa shape index (κ3) is 4.57. The molecule has 0 radical (unpaired) electrons. The first-order valence-corrected chi connectivity index (χ1v) is 18.1. The normalized spacial score (nSPS) is 15.7. The molecule has 0 N–H and O–H groups in total. The van der Waals surface area contributed by atoms with E-state index in [1.165, 1.54) is 11.1 Å². The highest BCUT2D eigenvalue weighted by molar-refractivity contribution is 7.24. The lowest BCUT2D eigenvalue weighted by Gasteiger charge is -2.36. The second kappa shape index (κ2) is 12.4. The van der Waals surface area contributed by atoms with E-state index in [2.05, 4.69) is 49.5 Å². The van der Waals surface area contributed by atoms with E-state index in [0.29, 0.717) is 46.0 Å². The highest BCUT2D eigenvalue weighted by Gasteiger charge is 2.54. The number of thiophene rings is 2. The quantitative estimate of drug-likeness (QED) is 0.115. The predicted octanol–water partition coefficient (Wildman–Crippen LogP) is 10.6. The van der Waals surface area contributed by atoms with Crippen LogP contribution in [-0.4, -0.2) is 28.4 Å². The highest BCUT2D eigenvalue weighted by atomic mass is 32.1. The molecule has 0 saturated heterocycles. The lowest BCUT2D eigenvalue weighted by Crippen LogP contribution is -2.30. The lowest BCUT2D eigenvalue weighted by molar-refractivity contribution is 0.339. The van der Waals surface area contributed by atoms with Crippen molar-refractivity contribution in [3.8, 4) is 67.1 Å². The molecule has 0 spiro atoms. The molecule has 8 nitrogen and oxygen atoms in total. The SMILES string of the molecule is [C-]#[N+]/C(C#N)=C1/c2cc(OC)c(OC)cc2-c2c1sc1c2C(CC(C)C)(CC(C)C)c2c-1sc1c2-c2cc(OC)c(OC)cc2/C1=C(/C#N)[N+]#[C-]. The Kier molecular flexibility index (Phi) is 8.23. The Morgan fingerprint density at radius 2 is 0.961 bits per heavy atom. The number of benzene rings is 2. The van der Waals surface area contributed by atoms with Crippen LogP contribution < -0.4 is 18.9 Å². The van der Waals surface area contributed by atoms with E-state index in [9.17, 15) is 10.5 Å². The minimum absolute atomic E-state index is 0.0327. The monoisotopic (exact) mass is 710 g/mol. The Balaban J connectivity index is 1.67.